The number of hydrogen-bond donors (Lipinski definition) is 0. The van der Waals surface area contributed by atoms with Crippen molar-refractivity contribution in [1.29, 1.82) is 0 Å². The summed E-state index contributed by atoms with van der Waals surface area (Å²) in [7, 11) is 5.61. The van der Waals surface area contributed by atoms with Crippen LogP contribution in [0.4, 0.5) is 0 Å². The van der Waals surface area contributed by atoms with Gasteiger partial charge in [-0.3, -0.25) is 0 Å². The minimum absolute atomic E-state index is 0.315. The van der Waals surface area contributed by atoms with E-state index in [4.69, 9.17) is 27.0 Å². The molecule has 9 heterocycles. The third-order valence-corrected chi connectivity index (χ3v) is 12.8. The SMILES string of the molecule is [2H]C([2H])([2H])C([2H])(C)c1cc[n+](C)c(-c2c(C)ccc3c2oc2ncccc23)c1.[2H]C([2H])([2H])c1c[n+](C)c(-c2c(C)ccc3c2oc2ncccc23)cc1C.[2H]C([2H])([2H])c1ccc(-c2c(C)ccc3c2oc2ncccc23)[n+](C)c1. The van der Waals surface area contributed by atoms with Gasteiger partial charge in [-0.25, -0.2) is 28.7 Å². The average molecular weight is 920 g/mol. The zero-order valence-electron chi connectivity index (χ0n) is 49.7. The van der Waals surface area contributed by atoms with Crippen LogP contribution in [-0.2, 0) is 21.1 Å². The second-order valence-corrected chi connectivity index (χ2v) is 17.6. The highest BCUT2D eigenvalue weighted by Crippen LogP contribution is 2.39. The number of benzene rings is 3. The Hall–Kier alpha value is -8.04. The number of aryl methyl sites for hydroxylation is 9. The standard InChI is InChI=1S/C21H21N2O.C20H19N2O.C19H17N2O/c1-13(2)15-9-11-23(4)18(12-15)19-14(3)7-8-16-17-6-5-10-22-21(17)24-20(16)19;1-12-7-8-15-16-6-5-9-21-20(16)23-19(15)18(12)17-10-13(2)14(3)11-22(17)4;1-12-6-9-16(21(3)11-12)17-13(2)7-8-14-15-5-4-10-20-19(15)22-18(14)17/h5-13H,1-4H3;5-11H,1-4H3;4-11H,1-3H3/q3*+1/i1D3,13D;3D3;1D3. The molecule has 0 fully saturated rings. The molecule has 1 atom stereocenters. The molecule has 9 nitrogen and oxygen atoms in total. The van der Waals surface area contributed by atoms with Crippen LogP contribution in [0.3, 0.4) is 0 Å². The summed E-state index contributed by atoms with van der Waals surface area (Å²) in [5.74, 6) is -1.72. The monoisotopic (exact) mass is 920 g/mol. The molecule has 3 aromatic carbocycles. The molecule has 12 rings (SSSR count). The average Bonchev–Trinajstić information content (AvgIpc) is 4.30. The molecule has 0 aliphatic carbocycles. The van der Waals surface area contributed by atoms with Gasteiger partial charge in [-0.05, 0) is 118 Å². The molecule has 0 aliphatic rings. The lowest BCUT2D eigenvalue weighted by Crippen LogP contribution is -2.31. The van der Waals surface area contributed by atoms with E-state index in [-0.39, 0.29) is 0 Å². The van der Waals surface area contributed by atoms with E-state index in [1.165, 1.54) is 6.92 Å². The molecule has 0 saturated carbocycles. The summed E-state index contributed by atoms with van der Waals surface area (Å²) in [5, 5.41) is 5.85. The summed E-state index contributed by atoms with van der Waals surface area (Å²) in [5.41, 5.74) is 14.4. The maximum atomic E-state index is 8.45. The molecule has 0 spiro atoms. The second-order valence-electron chi connectivity index (χ2n) is 17.6. The lowest BCUT2D eigenvalue weighted by molar-refractivity contribution is -0.660. The Bertz CT molecular complexity index is 4360. The molecule has 0 bridgehead atoms. The number of fused-ring (bicyclic) bond motifs is 9. The van der Waals surface area contributed by atoms with Crippen molar-refractivity contribution >= 4 is 66.2 Å². The van der Waals surface area contributed by atoms with Gasteiger partial charge >= 0.3 is 0 Å². The minimum Gasteiger partial charge on any atom is -0.437 e. The number of nitrogens with zero attached hydrogens (tertiary/aromatic N) is 6. The van der Waals surface area contributed by atoms with Crippen LogP contribution < -0.4 is 13.7 Å². The Morgan fingerprint density at radius 2 is 0.957 bits per heavy atom. The Balaban J connectivity index is 0.000000134. The smallest absolute Gasteiger partial charge is 0.227 e. The van der Waals surface area contributed by atoms with Crippen molar-refractivity contribution in [2.75, 3.05) is 0 Å². The molecule has 9 heteroatoms. The molecule has 0 saturated heterocycles. The lowest BCUT2D eigenvalue weighted by Gasteiger charge is -2.09. The number of hydrogen-bond acceptors (Lipinski definition) is 6. The first-order chi connectivity index (χ1) is 37.2. The summed E-state index contributed by atoms with van der Waals surface area (Å²) < 4.78 is 101. The highest BCUT2D eigenvalue weighted by molar-refractivity contribution is 6.10. The fraction of sp³-hybridized carbons (Fsp3) is 0.200. The fourth-order valence-electron chi connectivity index (χ4n) is 9.19. The van der Waals surface area contributed by atoms with Crippen LogP contribution in [-0.4, -0.2) is 15.0 Å². The van der Waals surface area contributed by atoms with Gasteiger partial charge in [0.25, 0.3) is 0 Å². The van der Waals surface area contributed by atoms with Gasteiger partial charge in [-0.1, -0.05) is 50.2 Å². The fourth-order valence-corrected chi connectivity index (χ4v) is 9.19. The molecule has 69 heavy (non-hydrogen) atoms. The number of aromatic nitrogens is 6. The van der Waals surface area contributed by atoms with E-state index < -0.39 is 26.4 Å². The van der Waals surface area contributed by atoms with Crippen molar-refractivity contribution in [3.8, 4) is 33.8 Å². The zero-order chi connectivity index (χ0) is 56.7. The summed E-state index contributed by atoms with van der Waals surface area (Å²) in [6, 6.07) is 32.7. The van der Waals surface area contributed by atoms with E-state index in [9.17, 15) is 0 Å². The van der Waals surface area contributed by atoms with Crippen molar-refractivity contribution in [1.82, 2.24) is 15.0 Å². The zero-order valence-corrected chi connectivity index (χ0v) is 39.7. The Labute approximate surface area is 416 Å². The van der Waals surface area contributed by atoms with Crippen LogP contribution in [0.1, 0.15) is 72.3 Å². The highest BCUT2D eigenvalue weighted by Gasteiger charge is 2.24. The Morgan fingerprint density at radius 3 is 1.42 bits per heavy atom. The van der Waals surface area contributed by atoms with Crippen molar-refractivity contribution in [3.63, 3.8) is 0 Å². The molecule has 0 N–H and O–H groups in total. The molecule has 0 amide bonds. The first-order valence-electron chi connectivity index (χ1n) is 27.6. The molecular formula is C60H57N6O3+3. The molecule has 12 aromatic rings. The van der Waals surface area contributed by atoms with Crippen LogP contribution in [0.2, 0.25) is 0 Å². The quantitative estimate of drug-likeness (QED) is 0.163. The predicted octanol–water partition coefficient (Wildman–Crippen LogP) is 13.4. The van der Waals surface area contributed by atoms with Crippen LogP contribution in [0.15, 0.2) is 154 Å². The van der Waals surface area contributed by atoms with Gasteiger partial charge in [0, 0.05) is 100 Å². The van der Waals surface area contributed by atoms with Crippen molar-refractivity contribution < 1.29 is 40.7 Å². The largest absolute Gasteiger partial charge is 0.437 e. The summed E-state index contributed by atoms with van der Waals surface area (Å²) in [6.07, 6.45) is 10.3. The summed E-state index contributed by atoms with van der Waals surface area (Å²) >= 11 is 0. The number of rotatable bonds is 4. The molecule has 0 radical (unpaired) electrons. The third-order valence-electron chi connectivity index (χ3n) is 12.8. The van der Waals surface area contributed by atoms with Crippen LogP contribution >= 0.6 is 0 Å². The Morgan fingerprint density at radius 1 is 0.478 bits per heavy atom. The molecule has 342 valence electrons. The summed E-state index contributed by atoms with van der Waals surface area (Å²) in [4.78, 5) is 12.9. The minimum atomic E-state index is -2.44. The topological polar surface area (TPSA) is 89.7 Å². The normalized spacial score (nSPS) is 15.1. The summed E-state index contributed by atoms with van der Waals surface area (Å²) in [6.45, 7) is 2.61. The molecule has 9 aromatic heterocycles. The van der Waals surface area contributed by atoms with Gasteiger partial charge in [0.1, 0.15) is 21.1 Å². The van der Waals surface area contributed by atoms with Gasteiger partial charge in [0.2, 0.25) is 34.2 Å². The van der Waals surface area contributed by atoms with Crippen LogP contribution in [0.5, 0.6) is 0 Å². The van der Waals surface area contributed by atoms with E-state index >= 15 is 0 Å². The highest BCUT2D eigenvalue weighted by atomic mass is 16.3. The van der Waals surface area contributed by atoms with Crippen molar-refractivity contribution in [2.24, 2.45) is 21.1 Å². The van der Waals surface area contributed by atoms with E-state index in [2.05, 4.69) is 27.1 Å². The van der Waals surface area contributed by atoms with Crippen molar-refractivity contribution in [3.05, 3.63) is 179 Å². The maximum absolute atomic E-state index is 8.45. The van der Waals surface area contributed by atoms with Gasteiger partial charge in [-0.15, -0.1) is 0 Å². The van der Waals surface area contributed by atoms with E-state index in [1.54, 1.807) is 55.4 Å². The maximum Gasteiger partial charge on any atom is 0.227 e. The lowest BCUT2D eigenvalue weighted by atomic mass is 9.97. The predicted molar refractivity (Wildman–Crippen MR) is 277 cm³/mol. The molecule has 1 unspecified atom stereocenters. The molecule has 0 aliphatic heterocycles. The first-order valence-corrected chi connectivity index (χ1v) is 22.6. The third kappa shape index (κ3) is 8.07. The van der Waals surface area contributed by atoms with Gasteiger partial charge in [0.15, 0.2) is 35.3 Å². The molecular weight excluding hydrogens is 853 g/mol. The Kier molecular flexibility index (Phi) is 8.88. The van der Waals surface area contributed by atoms with Gasteiger partial charge < -0.3 is 13.3 Å². The van der Waals surface area contributed by atoms with Crippen LogP contribution in [0, 0.1) is 41.4 Å². The number of pyridine rings is 6. The number of furan rings is 3. The second kappa shape index (κ2) is 17.9. The van der Waals surface area contributed by atoms with E-state index in [1.807, 2.05) is 135 Å². The van der Waals surface area contributed by atoms with E-state index in [0.717, 1.165) is 99.5 Å². The van der Waals surface area contributed by atoms with Gasteiger partial charge in [-0.2, -0.15) is 0 Å². The van der Waals surface area contributed by atoms with E-state index in [0.29, 0.717) is 39.4 Å². The van der Waals surface area contributed by atoms with Crippen molar-refractivity contribution in [2.45, 2.75) is 61.1 Å². The van der Waals surface area contributed by atoms with Gasteiger partial charge in [0.05, 0.1) is 16.7 Å². The van der Waals surface area contributed by atoms with Crippen LogP contribution in [0.25, 0.3) is 100.0 Å². The first kappa shape index (κ1) is 34.3.